The minimum absolute atomic E-state index is 0. The van der Waals surface area contributed by atoms with Gasteiger partial charge in [-0.3, -0.25) is 19.6 Å². The highest BCUT2D eigenvalue weighted by atomic mass is 33.1. The first-order valence-corrected chi connectivity index (χ1v) is 16.8. The van der Waals surface area contributed by atoms with Gasteiger partial charge in [-0.15, -0.1) is 0 Å². The van der Waals surface area contributed by atoms with Crippen molar-refractivity contribution in [2.24, 2.45) is 0 Å². The van der Waals surface area contributed by atoms with E-state index >= 15 is 0 Å². The Labute approximate surface area is 253 Å². The maximum absolute atomic E-state index is 2.57. The van der Waals surface area contributed by atoms with Crippen molar-refractivity contribution in [1.82, 2.24) is 19.6 Å². The third kappa shape index (κ3) is 22.3. The zero-order valence-corrected chi connectivity index (χ0v) is 28.4. The number of hydrogen-bond acceptors (Lipinski definition) is 6. The van der Waals surface area contributed by atoms with Crippen LogP contribution in [0.4, 0.5) is 0 Å². The lowest BCUT2D eigenvalue weighted by atomic mass is 10.2. The summed E-state index contributed by atoms with van der Waals surface area (Å²) in [6.07, 6.45) is 0. The zero-order valence-electron chi connectivity index (χ0n) is 26.8. The van der Waals surface area contributed by atoms with Crippen molar-refractivity contribution in [2.45, 2.75) is 181 Å². The molecule has 0 amide bonds. The molecule has 0 spiro atoms. The molecule has 0 saturated carbocycles. The molecule has 0 saturated heterocycles. The van der Waals surface area contributed by atoms with E-state index in [0.29, 0.717) is 48.3 Å². The van der Waals surface area contributed by atoms with Crippen LogP contribution in [-0.4, -0.2) is 99.2 Å². The van der Waals surface area contributed by atoms with E-state index in [1.54, 1.807) is 0 Å². The van der Waals surface area contributed by atoms with E-state index in [-0.39, 0.29) is 22.3 Å². The summed E-state index contributed by atoms with van der Waals surface area (Å²) < 4.78 is 0. The van der Waals surface area contributed by atoms with Gasteiger partial charge in [0.15, 0.2) is 0 Å². The first-order chi connectivity index (χ1) is 16.0. The molecule has 0 fully saturated rings. The highest BCUT2D eigenvalue weighted by Crippen LogP contribution is 2.22. The minimum Gasteiger partial charge on any atom is -0.298 e. The third-order valence-electron chi connectivity index (χ3n) is 6.58. The molecule has 0 aromatic heterocycles. The Kier molecular flexibility index (Phi) is 33.6. The fraction of sp³-hybridized carbons (Fsp3) is 1.00. The van der Waals surface area contributed by atoms with Crippen molar-refractivity contribution >= 4 is 21.6 Å². The summed E-state index contributed by atoms with van der Waals surface area (Å²) in [6, 6.07) is 5.07. The van der Waals surface area contributed by atoms with Crippen LogP contribution in [0, 0.1) is 0 Å². The van der Waals surface area contributed by atoms with Crippen molar-refractivity contribution in [1.29, 1.82) is 0 Å². The molecule has 238 valence electrons. The van der Waals surface area contributed by atoms with Gasteiger partial charge in [0.05, 0.1) is 6.67 Å². The van der Waals surface area contributed by atoms with Gasteiger partial charge in [-0.25, -0.2) is 0 Å². The summed E-state index contributed by atoms with van der Waals surface area (Å²) in [5.74, 6) is 2.45. The van der Waals surface area contributed by atoms with Gasteiger partial charge in [0.1, 0.15) is 0 Å². The van der Waals surface area contributed by atoms with Gasteiger partial charge in [0.25, 0.3) is 0 Å². The first-order valence-electron chi connectivity index (χ1n) is 14.3. The molecule has 0 unspecified atom stereocenters. The van der Waals surface area contributed by atoms with Gasteiger partial charge in [-0.2, -0.15) is 0 Å². The number of hydrogen-bond donors (Lipinski definition) is 0. The highest BCUT2D eigenvalue weighted by molar-refractivity contribution is 8.76. The van der Waals surface area contributed by atoms with Crippen LogP contribution in [0.2, 0.25) is 0 Å². The van der Waals surface area contributed by atoms with Gasteiger partial charge >= 0.3 is 0 Å². The maximum Gasteiger partial charge on any atom is 0.0516 e. The van der Waals surface area contributed by atoms with Crippen molar-refractivity contribution in [3.63, 3.8) is 0 Å². The summed E-state index contributed by atoms with van der Waals surface area (Å²) in [7, 11) is 4.06. The number of nitrogens with zero attached hydrogens (tertiary/aromatic N) is 4. The van der Waals surface area contributed by atoms with Crippen LogP contribution in [0.3, 0.4) is 0 Å². The molecule has 0 heterocycles. The summed E-state index contributed by atoms with van der Waals surface area (Å²) in [6.45, 7) is 40.0. The fourth-order valence-electron chi connectivity index (χ4n) is 4.66. The lowest BCUT2D eigenvalue weighted by Crippen LogP contribution is -2.49. The molecule has 38 heavy (non-hydrogen) atoms. The Bertz CT molecular complexity index is 406. The number of rotatable bonds is 17. The van der Waals surface area contributed by atoms with Gasteiger partial charge in [0, 0.05) is 72.9 Å². The minimum atomic E-state index is 0. The quantitative estimate of drug-likeness (QED) is 0.0955. The topological polar surface area (TPSA) is 13.0 Å². The van der Waals surface area contributed by atoms with Crippen molar-refractivity contribution in [3.05, 3.63) is 0 Å². The molecule has 0 rings (SSSR count). The first kappa shape index (κ1) is 48.3. The molecule has 0 aliphatic carbocycles. The van der Waals surface area contributed by atoms with Crippen LogP contribution in [0.25, 0.3) is 0 Å². The normalized spacial score (nSPS) is 12.0. The van der Waals surface area contributed by atoms with Crippen LogP contribution in [0.5, 0.6) is 0 Å². The fourth-order valence-corrected chi connectivity index (χ4v) is 6.62. The van der Waals surface area contributed by atoms with Crippen LogP contribution in [-0.2, 0) is 0 Å². The zero-order chi connectivity index (χ0) is 27.9. The Morgan fingerprint density at radius 2 is 0.526 bits per heavy atom. The van der Waals surface area contributed by atoms with Gasteiger partial charge in [0.2, 0.25) is 0 Å². The van der Waals surface area contributed by atoms with Gasteiger partial charge in [-0.05, 0) is 111 Å². The smallest absolute Gasteiger partial charge is 0.0516 e. The lowest BCUT2D eigenvalue weighted by Gasteiger charge is -2.39. The summed E-state index contributed by atoms with van der Waals surface area (Å²) in [5, 5.41) is 0. The second-order valence-electron chi connectivity index (χ2n) is 12.0. The SMILES string of the molecule is C.C.C.CC(C)N(CCSSCCN(C(C)C)C(C)C)C(C)C.CC(C)N(CN(C(C)C)C(C)C)C(C)C. The second kappa shape index (κ2) is 26.4. The molecule has 0 aromatic carbocycles. The molecule has 0 aliphatic heterocycles. The molecular weight excluding hydrogens is 505 g/mol. The summed E-state index contributed by atoms with van der Waals surface area (Å²) >= 11 is 0. The van der Waals surface area contributed by atoms with Crippen molar-refractivity contribution < 1.29 is 0 Å². The molecular formula is C32H78N4S2. The Morgan fingerprint density at radius 1 is 0.342 bits per heavy atom. The van der Waals surface area contributed by atoms with E-state index in [4.69, 9.17) is 0 Å². The average molecular weight is 583 g/mol. The van der Waals surface area contributed by atoms with E-state index in [9.17, 15) is 0 Å². The molecule has 6 heteroatoms. The maximum atomic E-state index is 2.57. The summed E-state index contributed by atoms with van der Waals surface area (Å²) in [5.41, 5.74) is 0. The molecule has 0 aliphatic rings. The molecule has 4 nitrogen and oxygen atoms in total. The van der Waals surface area contributed by atoms with Crippen LogP contribution >= 0.6 is 21.6 Å². The van der Waals surface area contributed by atoms with Gasteiger partial charge in [-0.1, -0.05) is 43.9 Å². The Hall–Kier alpha value is 0.540. The molecule has 0 N–H and O–H groups in total. The Morgan fingerprint density at radius 3 is 0.684 bits per heavy atom. The molecule has 0 radical (unpaired) electrons. The van der Waals surface area contributed by atoms with E-state index in [2.05, 4.69) is 130 Å². The third-order valence-corrected chi connectivity index (χ3v) is 8.95. The van der Waals surface area contributed by atoms with Crippen LogP contribution in [0.15, 0.2) is 0 Å². The van der Waals surface area contributed by atoms with Crippen molar-refractivity contribution in [3.8, 4) is 0 Å². The predicted molar refractivity (Wildman–Crippen MR) is 188 cm³/mol. The predicted octanol–water partition coefficient (Wildman–Crippen LogP) is 9.70. The largest absolute Gasteiger partial charge is 0.298 e. The average Bonchev–Trinajstić information content (AvgIpc) is 2.68. The second-order valence-corrected chi connectivity index (χ2v) is 14.7. The van der Waals surface area contributed by atoms with E-state index in [1.807, 2.05) is 21.6 Å². The molecule has 0 atom stereocenters. The van der Waals surface area contributed by atoms with Crippen LogP contribution in [0.1, 0.15) is 133 Å². The Balaban J connectivity index is -0.000000183. The van der Waals surface area contributed by atoms with Crippen LogP contribution < -0.4 is 0 Å². The monoisotopic (exact) mass is 583 g/mol. The molecule has 0 aromatic rings. The lowest BCUT2D eigenvalue weighted by molar-refractivity contribution is 0.0401. The van der Waals surface area contributed by atoms with E-state index in [0.717, 1.165) is 6.67 Å². The highest BCUT2D eigenvalue weighted by Gasteiger charge is 2.20. The van der Waals surface area contributed by atoms with E-state index in [1.165, 1.54) is 24.6 Å². The van der Waals surface area contributed by atoms with E-state index < -0.39 is 0 Å². The summed E-state index contributed by atoms with van der Waals surface area (Å²) in [4.78, 5) is 10.2. The standard InChI is InChI=1S/C16H36N2S2.C13H30N2.3CH4/c1-13(2)17(14(3)4)9-11-19-20-12-10-18(15(5)6)16(7)8;1-10(2)14(11(3)4)9-15(12(5)6)13(7)8;;;/h13-16H,9-12H2,1-8H3;10-13H,9H2,1-8H3;3*1H4. The molecule has 0 bridgehead atoms. The van der Waals surface area contributed by atoms with Crippen molar-refractivity contribution in [2.75, 3.05) is 31.3 Å². The van der Waals surface area contributed by atoms with Gasteiger partial charge < -0.3 is 0 Å².